The smallest absolute Gasteiger partial charge is 0.370 e. The van der Waals surface area contributed by atoms with Crippen molar-refractivity contribution in [3.05, 3.63) is 54.2 Å². The number of aliphatic carboxylic acids is 2. The minimum atomic E-state index is -4.55. The Kier molecular flexibility index (Phi) is 8.66. The Labute approximate surface area is 275 Å². The number of ether oxygens (including phenoxy) is 3. The summed E-state index contributed by atoms with van der Waals surface area (Å²) in [5.74, 6) is -2.32. The summed E-state index contributed by atoms with van der Waals surface area (Å²) >= 11 is 3.09. The molecule has 3 aromatic heterocycles. The number of anilines is 1. The molecule has 246 valence electrons. The molecule has 20 heteroatoms. The van der Waals surface area contributed by atoms with E-state index < -0.39 is 58.9 Å². The molecule has 47 heavy (non-hydrogen) atoms. The van der Waals surface area contributed by atoms with Gasteiger partial charge < -0.3 is 33.9 Å². The van der Waals surface area contributed by atoms with Crippen LogP contribution in [-0.4, -0.2) is 71.2 Å². The maximum absolute atomic E-state index is 16.1. The Hall–Kier alpha value is -4.55. The van der Waals surface area contributed by atoms with Crippen LogP contribution in [0.3, 0.4) is 0 Å². The van der Waals surface area contributed by atoms with Gasteiger partial charge in [0, 0.05) is 30.5 Å². The van der Waals surface area contributed by atoms with Crippen molar-refractivity contribution in [1.29, 1.82) is 0 Å². The molecule has 2 N–H and O–H groups in total. The van der Waals surface area contributed by atoms with Crippen molar-refractivity contribution in [3.63, 3.8) is 0 Å². The maximum atomic E-state index is 16.1. The van der Waals surface area contributed by atoms with Crippen molar-refractivity contribution in [2.45, 2.75) is 31.9 Å². The fourth-order valence-corrected chi connectivity index (χ4v) is 8.95. The molecule has 0 bridgehead atoms. The molecular weight excluding hydrogens is 704 g/mol. The number of fused-ring (bicyclic) bond motifs is 3. The Morgan fingerprint density at radius 3 is 2.60 bits per heavy atom. The summed E-state index contributed by atoms with van der Waals surface area (Å²) in [4.78, 5) is 41.6. The van der Waals surface area contributed by atoms with Gasteiger partial charge in [-0.25, -0.2) is 22.4 Å². The van der Waals surface area contributed by atoms with Crippen molar-refractivity contribution in [1.82, 2.24) is 4.57 Å². The molecular formula is C27H21FN4O11S4. The molecule has 1 aromatic carbocycles. The van der Waals surface area contributed by atoms with E-state index in [1.165, 1.54) is 27.7 Å². The van der Waals surface area contributed by atoms with Gasteiger partial charge in [-0.2, -0.15) is 4.57 Å². The number of thiazole rings is 2. The molecule has 0 fully saturated rings. The third kappa shape index (κ3) is 6.66. The van der Waals surface area contributed by atoms with Gasteiger partial charge in [-0.15, -0.1) is 22.7 Å². The number of thiophene rings is 1. The number of carboxylic acid groups (broad SMARTS) is 2. The predicted octanol–water partition coefficient (Wildman–Crippen LogP) is 1.03. The van der Waals surface area contributed by atoms with Crippen LogP contribution in [-0.2, 0) is 32.8 Å². The van der Waals surface area contributed by atoms with Gasteiger partial charge in [0.25, 0.3) is 10.6 Å². The van der Waals surface area contributed by atoms with Gasteiger partial charge in [0.05, 0.1) is 33.0 Å². The highest BCUT2D eigenvalue weighted by atomic mass is 32.2. The lowest BCUT2D eigenvalue weighted by Crippen LogP contribution is -2.43. The summed E-state index contributed by atoms with van der Waals surface area (Å²) in [5, 5.41) is 19.8. The number of carbonyl (C=O) groups is 2. The van der Waals surface area contributed by atoms with Crippen molar-refractivity contribution in [2.75, 3.05) is 24.0 Å². The average molecular weight is 725 g/mol. The molecule has 2 unspecified atom stereocenters. The van der Waals surface area contributed by atoms with Gasteiger partial charge in [-0.3, -0.25) is 14.2 Å². The number of nitrogens with zero attached hydrogens (tertiary/aromatic N) is 4. The van der Waals surface area contributed by atoms with Crippen LogP contribution >= 0.6 is 34.0 Å². The number of alkyl halides is 1. The number of aromatic nitrogens is 2. The van der Waals surface area contributed by atoms with Crippen LogP contribution in [0.2, 0.25) is 0 Å². The molecule has 0 amide bonds. The van der Waals surface area contributed by atoms with E-state index >= 15 is 4.39 Å². The molecule has 2 aliphatic heterocycles. The van der Waals surface area contributed by atoms with Crippen LogP contribution in [0.15, 0.2) is 23.0 Å². The molecule has 0 saturated carbocycles. The normalized spacial score (nSPS) is 16.8. The van der Waals surface area contributed by atoms with Crippen LogP contribution in [0.1, 0.15) is 11.4 Å². The standard InChI is InChI=1S/C27H21FN4O11S4/c1-29-20-7-15-27(45-20)46-21(31(15)10-23(33)34)9-22-32(11-24(35)36)25(37)19(44-22)5-13(28)26-30(3-2-4-47(38,39)40)14-6-17-18(42-12-41-17)8-16(14)43-26/h5-9,13,26H,2-4,10-12H2,(H2-,33,34,35,36,38,39,40)/b19-5+. The molecule has 0 aliphatic carbocycles. The molecule has 0 spiro atoms. The van der Waals surface area contributed by atoms with E-state index in [0.29, 0.717) is 36.7 Å². The summed E-state index contributed by atoms with van der Waals surface area (Å²) in [5.41, 5.74) is 0.0256. The molecule has 6 rings (SSSR count). The van der Waals surface area contributed by atoms with E-state index in [2.05, 4.69) is 4.85 Å². The zero-order valence-electron chi connectivity index (χ0n) is 23.7. The second kappa shape index (κ2) is 12.6. The second-order valence-electron chi connectivity index (χ2n) is 10.1. The van der Waals surface area contributed by atoms with Gasteiger partial charge in [0.2, 0.25) is 30.1 Å². The Morgan fingerprint density at radius 2 is 1.91 bits per heavy atom. The first-order chi connectivity index (χ1) is 22.3. The van der Waals surface area contributed by atoms with E-state index in [9.17, 15) is 37.6 Å². The Bertz CT molecular complexity index is 2270. The molecule has 15 nitrogen and oxygen atoms in total. The van der Waals surface area contributed by atoms with E-state index in [0.717, 1.165) is 44.7 Å². The van der Waals surface area contributed by atoms with Crippen LogP contribution in [0, 0.1) is 6.57 Å². The van der Waals surface area contributed by atoms with Crippen LogP contribution in [0.4, 0.5) is 15.1 Å². The van der Waals surface area contributed by atoms with Crippen LogP contribution in [0.25, 0.3) is 26.5 Å². The summed E-state index contributed by atoms with van der Waals surface area (Å²) in [7, 11) is -4.55. The zero-order chi connectivity index (χ0) is 33.6. The van der Waals surface area contributed by atoms with Crippen LogP contribution in [0.5, 0.6) is 17.2 Å². The molecule has 2 aliphatic rings. The highest BCUT2D eigenvalue weighted by Crippen LogP contribution is 2.47. The van der Waals surface area contributed by atoms with Crippen LogP contribution < -0.4 is 38.4 Å². The summed E-state index contributed by atoms with van der Waals surface area (Å²) in [6.07, 6.45) is -1.16. The minimum absolute atomic E-state index is 0.0437. The van der Waals surface area contributed by atoms with Gasteiger partial charge in [-0.05, 0) is 12.5 Å². The SMILES string of the molecule is [C-]#[N+]c1cc2c(s1)sc(C=c1s/c(=C/C(F)C3Oc4cc5c(cc4N3CCCS(=O)(=O)[O-])OCO5)c(=O)n1CC(=O)O)[n+]2CC(=O)O. The number of hydrogen-bond acceptors (Lipinski definition) is 13. The molecule has 0 radical (unpaired) electrons. The van der Waals surface area contributed by atoms with E-state index in [1.54, 1.807) is 6.07 Å². The lowest BCUT2D eigenvalue weighted by molar-refractivity contribution is -0.657. The first-order valence-electron chi connectivity index (χ1n) is 13.5. The third-order valence-electron chi connectivity index (χ3n) is 7.00. The first-order valence-corrected chi connectivity index (χ1v) is 17.5. The molecule has 0 saturated heterocycles. The van der Waals surface area contributed by atoms with Gasteiger partial charge in [-0.1, -0.05) is 11.3 Å². The van der Waals surface area contributed by atoms with E-state index in [4.69, 9.17) is 20.8 Å². The second-order valence-corrected chi connectivity index (χ2v) is 15.0. The van der Waals surface area contributed by atoms with Crippen molar-refractivity contribution >= 4 is 88.4 Å². The number of benzene rings is 1. The fraction of sp³-hybridized carbons (Fsp3) is 0.296. The molecule has 2 atom stereocenters. The van der Waals surface area contributed by atoms with Crippen molar-refractivity contribution < 1.29 is 55.9 Å². The topological polar surface area (TPSA) is 193 Å². The fourth-order valence-electron chi connectivity index (χ4n) is 5.08. The monoisotopic (exact) mass is 724 g/mol. The molecule has 4 aromatic rings. The quantitative estimate of drug-likeness (QED) is 0.127. The van der Waals surface area contributed by atoms with Gasteiger partial charge in [0.15, 0.2) is 17.7 Å². The average Bonchev–Trinajstić information content (AvgIpc) is 3.79. The summed E-state index contributed by atoms with van der Waals surface area (Å²) < 4.78 is 69.4. The zero-order valence-corrected chi connectivity index (χ0v) is 26.9. The summed E-state index contributed by atoms with van der Waals surface area (Å²) in [6, 6.07) is 4.56. The lowest BCUT2D eigenvalue weighted by atomic mass is 10.2. The van der Waals surface area contributed by atoms with E-state index in [-0.39, 0.29) is 34.7 Å². The lowest BCUT2D eigenvalue weighted by Gasteiger charge is -2.26. The Balaban J connectivity index is 1.41. The number of carboxylic acids is 2. The summed E-state index contributed by atoms with van der Waals surface area (Å²) in [6.45, 7) is 5.88. The predicted molar refractivity (Wildman–Crippen MR) is 166 cm³/mol. The Morgan fingerprint density at radius 1 is 1.17 bits per heavy atom. The minimum Gasteiger partial charge on any atom is -0.748 e. The maximum Gasteiger partial charge on any atom is 0.370 e. The van der Waals surface area contributed by atoms with Crippen molar-refractivity contribution in [2.24, 2.45) is 0 Å². The number of hydrogen-bond donors (Lipinski definition) is 2. The highest BCUT2D eigenvalue weighted by molar-refractivity contribution is 7.85. The highest BCUT2D eigenvalue weighted by Gasteiger charge is 2.38. The third-order valence-corrected chi connectivity index (χ3v) is 11.1. The number of rotatable bonds is 11. The number of halogens is 1. The first kappa shape index (κ1) is 32.4. The van der Waals surface area contributed by atoms with E-state index in [1.807, 2.05) is 0 Å². The van der Waals surface area contributed by atoms with Crippen molar-refractivity contribution in [3.8, 4) is 17.2 Å². The van der Waals surface area contributed by atoms with Gasteiger partial charge >= 0.3 is 11.9 Å². The van der Waals surface area contributed by atoms with Gasteiger partial charge in [0.1, 0.15) is 21.0 Å². The molecule has 5 heterocycles. The largest absolute Gasteiger partial charge is 0.748 e.